The summed E-state index contributed by atoms with van der Waals surface area (Å²) in [6.45, 7) is 6.37. The highest BCUT2D eigenvalue weighted by atomic mass is 35.5. The van der Waals surface area contributed by atoms with E-state index < -0.39 is 5.60 Å². The van der Waals surface area contributed by atoms with Crippen LogP contribution in [0.15, 0.2) is 42.7 Å². The highest BCUT2D eigenvalue weighted by molar-refractivity contribution is 6.30. The molecule has 2 unspecified atom stereocenters. The third-order valence-electron chi connectivity index (χ3n) is 6.54. The maximum atomic E-state index is 13.4. The van der Waals surface area contributed by atoms with Gasteiger partial charge in [0.2, 0.25) is 5.91 Å². The lowest BCUT2D eigenvalue weighted by molar-refractivity contribution is -0.153. The van der Waals surface area contributed by atoms with Crippen molar-refractivity contribution in [2.24, 2.45) is 17.8 Å². The van der Waals surface area contributed by atoms with E-state index in [2.05, 4.69) is 15.3 Å². The number of piperidine rings is 1. The fourth-order valence-corrected chi connectivity index (χ4v) is 4.99. The van der Waals surface area contributed by atoms with Gasteiger partial charge in [0, 0.05) is 62.0 Å². The zero-order valence-corrected chi connectivity index (χ0v) is 17.5. The minimum absolute atomic E-state index is 0.0296. The van der Waals surface area contributed by atoms with Crippen LogP contribution in [0, 0.1) is 17.8 Å². The number of nitrogens with zero attached hydrogens (tertiary/aromatic N) is 3. The average Bonchev–Trinajstić information content (AvgIpc) is 3.22. The quantitative estimate of drug-likeness (QED) is 0.806. The molecule has 154 valence electrons. The van der Waals surface area contributed by atoms with Crippen molar-refractivity contribution in [2.75, 3.05) is 26.2 Å². The van der Waals surface area contributed by atoms with Crippen molar-refractivity contribution in [1.82, 2.24) is 20.2 Å². The van der Waals surface area contributed by atoms with Gasteiger partial charge in [0.1, 0.15) is 5.60 Å². The minimum Gasteiger partial charge on any atom is -0.383 e. The molecule has 2 saturated heterocycles. The summed E-state index contributed by atoms with van der Waals surface area (Å²) >= 11 is 5.97. The molecule has 4 heterocycles. The largest absolute Gasteiger partial charge is 0.383 e. The molecule has 29 heavy (non-hydrogen) atoms. The number of likely N-dealkylation sites (tertiary alicyclic amines) is 1. The lowest BCUT2D eigenvalue weighted by Crippen LogP contribution is -2.57. The number of rotatable bonds is 3. The fourth-order valence-electron chi connectivity index (χ4n) is 4.87. The van der Waals surface area contributed by atoms with E-state index in [4.69, 9.17) is 11.6 Å². The van der Waals surface area contributed by atoms with Crippen molar-refractivity contribution in [3.63, 3.8) is 0 Å². The average molecular weight is 415 g/mol. The predicted molar refractivity (Wildman–Crippen MR) is 111 cm³/mol. The standard InChI is InChI=1S/C22H27ClN4O2/c1-14-12-27(13-15(2)22(14,29)20-5-3-4-8-25-20)21(28)18-11-24-10-17(18)19-7-6-16(23)9-26-19/h3-9,14-15,17-18,24,29H,10-13H2,1-2H3/t14?,15?,17-,18-,22?/m1/s1. The summed E-state index contributed by atoms with van der Waals surface area (Å²) in [4.78, 5) is 24.2. The summed E-state index contributed by atoms with van der Waals surface area (Å²) in [6, 6.07) is 9.33. The second kappa shape index (κ2) is 8.01. The predicted octanol–water partition coefficient (Wildman–Crippen LogP) is 2.44. The molecule has 4 atom stereocenters. The van der Waals surface area contributed by atoms with Gasteiger partial charge in [-0.1, -0.05) is 31.5 Å². The summed E-state index contributed by atoms with van der Waals surface area (Å²) in [5.41, 5.74) is 0.530. The Balaban J connectivity index is 1.52. The van der Waals surface area contributed by atoms with E-state index in [0.29, 0.717) is 30.4 Å². The number of amides is 1. The molecule has 0 aromatic carbocycles. The van der Waals surface area contributed by atoms with Gasteiger partial charge in [-0.15, -0.1) is 0 Å². The molecule has 0 saturated carbocycles. The van der Waals surface area contributed by atoms with E-state index >= 15 is 0 Å². The van der Waals surface area contributed by atoms with E-state index in [-0.39, 0.29) is 29.6 Å². The van der Waals surface area contributed by atoms with Gasteiger partial charge in [-0.2, -0.15) is 0 Å². The molecular formula is C22H27ClN4O2. The summed E-state index contributed by atoms with van der Waals surface area (Å²) in [7, 11) is 0. The van der Waals surface area contributed by atoms with Crippen LogP contribution in [0.1, 0.15) is 31.2 Å². The van der Waals surface area contributed by atoms with Crippen LogP contribution in [0.4, 0.5) is 0 Å². The molecule has 0 spiro atoms. The van der Waals surface area contributed by atoms with Gasteiger partial charge < -0.3 is 15.3 Å². The molecule has 2 aliphatic heterocycles. The molecule has 0 bridgehead atoms. The Labute approximate surface area is 176 Å². The number of pyridine rings is 2. The van der Waals surface area contributed by atoms with E-state index in [9.17, 15) is 9.90 Å². The number of nitrogens with one attached hydrogen (secondary N) is 1. The first-order chi connectivity index (χ1) is 13.9. The van der Waals surface area contributed by atoms with Crippen LogP contribution < -0.4 is 5.32 Å². The Morgan fingerprint density at radius 3 is 2.55 bits per heavy atom. The van der Waals surface area contributed by atoms with Crippen LogP contribution in [0.5, 0.6) is 0 Å². The Morgan fingerprint density at radius 1 is 1.17 bits per heavy atom. The molecule has 2 N–H and O–H groups in total. The highest BCUT2D eigenvalue weighted by Crippen LogP contribution is 2.41. The Hall–Kier alpha value is -2.02. The van der Waals surface area contributed by atoms with Gasteiger partial charge in [0.15, 0.2) is 0 Å². The van der Waals surface area contributed by atoms with Crippen molar-refractivity contribution in [1.29, 1.82) is 0 Å². The van der Waals surface area contributed by atoms with Gasteiger partial charge in [0.05, 0.1) is 16.6 Å². The first-order valence-corrected chi connectivity index (χ1v) is 10.5. The van der Waals surface area contributed by atoms with Crippen LogP contribution in [0.25, 0.3) is 0 Å². The molecule has 2 aromatic heterocycles. The molecule has 2 aromatic rings. The van der Waals surface area contributed by atoms with E-state index in [1.54, 1.807) is 12.4 Å². The molecule has 0 radical (unpaired) electrons. The lowest BCUT2D eigenvalue weighted by atomic mass is 9.72. The van der Waals surface area contributed by atoms with Crippen LogP contribution in [-0.4, -0.2) is 52.1 Å². The normalized spacial score (nSPS) is 32.3. The molecule has 2 fully saturated rings. The molecular weight excluding hydrogens is 388 g/mol. The molecule has 6 nitrogen and oxygen atoms in total. The molecule has 7 heteroatoms. The number of hydrogen-bond acceptors (Lipinski definition) is 5. The van der Waals surface area contributed by atoms with Crippen molar-refractivity contribution < 1.29 is 9.90 Å². The number of aliphatic hydroxyl groups is 1. The minimum atomic E-state index is -1.04. The summed E-state index contributed by atoms with van der Waals surface area (Å²) in [5.74, 6) is -0.247. The van der Waals surface area contributed by atoms with Crippen LogP contribution in [0.2, 0.25) is 5.02 Å². The van der Waals surface area contributed by atoms with Crippen molar-refractivity contribution in [3.8, 4) is 0 Å². The van der Waals surface area contributed by atoms with Crippen molar-refractivity contribution >= 4 is 17.5 Å². The zero-order valence-electron chi connectivity index (χ0n) is 16.8. The van der Waals surface area contributed by atoms with Crippen molar-refractivity contribution in [2.45, 2.75) is 25.4 Å². The summed E-state index contributed by atoms with van der Waals surface area (Å²) < 4.78 is 0. The van der Waals surface area contributed by atoms with Crippen molar-refractivity contribution in [3.05, 3.63) is 59.1 Å². The molecule has 2 aliphatic rings. The Bertz CT molecular complexity index is 849. The van der Waals surface area contributed by atoms with E-state index in [0.717, 1.165) is 12.2 Å². The van der Waals surface area contributed by atoms with Crippen LogP contribution >= 0.6 is 11.6 Å². The number of carbonyl (C=O) groups is 1. The topological polar surface area (TPSA) is 78.4 Å². The molecule has 0 aliphatic carbocycles. The monoisotopic (exact) mass is 414 g/mol. The SMILES string of the molecule is CC1CN(C(=O)[C@@H]2CNC[C@H]2c2ccc(Cl)cn2)CC(C)C1(O)c1ccccn1. The molecule has 4 rings (SSSR count). The second-order valence-electron chi connectivity index (χ2n) is 8.36. The van der Waals surface area contributed by atoms with Crippen LogP contribution in [-0.2, 0) is 10.4 Å². The first-order valence-electron chi connectivity index (χ1n) is 10.2. The van der Waals surface area contributed by atoms with Gasteiger partial charge in [0.25, 0.3) is 0 Å². The highest BCUT2D eigenvalue weighted by Gasteiger charge is 2.49. The van der Waals surface area contributed by atoms with Gasteiger partial charge >= 0.3 is 0 Å². The number of aromatic nitrogens is 2. The summed E-state index contributed by atoms with van der Waals surface area (Å²) in [6.07, 6.45) is 3.34. The van der Waals surface area contributed by atoms with Crippen LogP contribution in [0.3, 0.4) is 0 Å². The van der Waals surface area contributed by atoms with E-state index in [1.807, 2.05) is 49.1 Å². The molecule has 1 amide bonds. The van der Waals surface area contributed by atoms with Gasteiger partial charge in [-0.25, -0.2) is 0 Å². The number of halogens is 1. The first kappa shape index (κ1) is 20.3. The number of carbonyl (C=O) groups excluding carboxylic acids is 1. The number of hydrogen-bond donors (Lipinski definition) is 2. The maximum absolute atomic E-state index is 13.4. The van der Waals surface area contributed by atoms with E-state index in [1.165, 1.54) is 0 Å². The van der Waals surface area contributed by atoms with Gasteiger partial charge in [-0.05, 0) is 24.3 Å². The smallest absolute Gasteiger partial charge is 0.227 e. The zero-order chi connectivity index (χ0) is 20.6. The third kappa shape index (κ3) is 3.65. The van der Waals surface area contributed by atoms with Gasteiger partial charge in [-0.3, -0.25) is 14.8 Å². The maximum Gasteiger partial charge on any atom is 0.227 e. The Kier molecular flexibility index (Phi) is 5.60. The summed E-state index contributed by atoms with van der Waals surface area (Å²) in [5, 5.41) is 15.4. The second-order valence-corrected chi connectivity index (χ2v) is 8.79. The lowest BCUT2D eigenvalue weighted by Gasteiger charge is -2.48. The third-order valence-corrected chi connectivity index (χ3v) is 6.76. The Morgan fingerprint density at radius 2 is 1.93 bits per heavy atom. The fraction of sp³-hybridized carbons (Fsp3) is 0.500.